The van der Waals surface area contributed by atoms with E-state index in [0.717, 1.165) is 0 Å². The van der Waals surface area contributed by atoms with Gasteiger partial charge in [0.05, 0.1) is 12.2 Å². The topological polar surface area (TPSA) is 86.5 Å². The quantitative estimate of drug-likeness (QED) is 0.534. The summed E-state index contributed by atoms with van der Waals surface area (Å²) in [7, 11) is 0. The van der Waals surface area contributed by atoms with Crippen LogP contribution in [0.1, 0.15) is 27.2 Å². The Morgan fingerprint density at radius 1 is 1.36 bits per heavy atom. The second-order valence-corrected chi connectivity index (χ2v) is 2.32. The van der Waals surface area contributed by atoms with Crippen molar-refractivity contribution in [3.8, 4) is 0 Å². The number of allylic oxidation sites excluding steroid dienone is 1. The first-order valence-electron chi connectivity index (χ1n) is 4.16. The molecule has 5 nitrogen and oxygen atoms in total. The lowest BCUT2D eigenvalue weighted by molar-refractivity contribution is -0.191. The first-order valence-corrected chi connectivity index (χ1v) is 4.16. The van der Waals surface area contributed by atoms with Gasteiger partial charge in [-0.15, -0.1) is 0 Å². The maximum Gasteiger partial charge on any atom is 0.373 e. The summed E-state index contributed by atoms with van der Waals surface area (Å²) in [5, 5.41) is 0. The molecular weight excluding hydrogens is 186 g/mol. The highest BCUT2D eigenvalue weighted by molar-refractivity contribution is 5.88. The largest absolute Gasteiger partial charge is 0.463 e. The van der Waals surface area contributed by atoms with Gasteiger partial charge in [-0.2, -0.15) is 9.59 Å². The zero-order valence-electron chi connectivity index (χ0n) is 8.62. The van der Waals surface area contributed by atoms with Crippen LogP contribution in [-0.2, 0) is 19.1 Å². The van der Waals surface area contributed by atoms with Gasteiger partial charge in [-0.25, -0.2) is 4.79 Å². The van der Waals surface area contributed by atoms with Gasteiger partial charge in [-0.1, -0.05) is 6.92 Å². The van der Waals surface area contributed by atoms with Crippen molar-refractivity contribution in [3.63, 3.8) is 0 Å². The number of esters is 1. The third-order valence-corrected chi connectivity index (χ3v) is 1.35. The fourth-order valence-corrected chi connectivity index (χ4v) is 0.802. The average molecular weight is 201 g/mol. The highest BCUT2D eigenvalue weighted by atomic mass is 16.5. The van der Waals surface area contributed by atoms with E-state index in [1.165, 1.54) is 0 Å². The van der Waals surface area contributed by atoms with Crippen LogP contribution in [0, 0.1) is 0 Å². The lowest BCUT2D eigenvalue weighted by Gasteiger charge is -2.05. The fourth-order valence-electron chi connectivity index (χ4n) is 0.802. The van der Waals surface area contributed by atoms with Crippen LogP contribution in [0.3, 0.4) is 0 Å². The van der Waals surface area contributed by atoms with Gasteiger partial charge in [0, 0.05) is 5.70 Å². The Kier molecular flexibility index (Phi) is 10.1. The Labute approximate surface area is 82.9 Å². The van der Waals surface area contributed by atoms with Crippen molar-refractivity contribution in [3.05, 3.63) is 11.3 Å². The summed E-state index contributed by atoms with van der Waals surface area (Å²) in [6, 6.07) is 0. The predicted octanol–water partition coefficient (Wildman–Crippen LogP) is 0.609. The standard InChI is InChI=1S/C8H15NO2.CO2/c1-4-7(6(3)9)8(10)11-5-2;2-1-3/h4-5,9H2,1-3H3;/b7-6+;. The Bertz CT molecular complexity index is 235. The molecule has 0 saturated carbocycles. The minimum atomic E-state index is -0.296. The summed E-state index contributed by atoms with van der Waals surface area (Å²) in [5.74, 6) is -0.296. The van der Waals surface area contributed by atoms with Gasteiger partial charge in [-0.05, 0) is 20.3 Å². The molecule has 0 saturated heterocycles. The van der Waals surface area contributed by atoms with Gasteiger partial charge in [0.1, 0.15) is 0 Å². The van der Waals surface area contributed by atoms with Crippen LogP contribution in [0.5, 0.6) is 0 Å². The highest BCUT2D eigenvalue weighted by Crippen LogP contribution is 2.05. The third-order valence-electron chi connectivity index (χ3n) is 1.35. The minimum Gasteiger partial charge on any atom is -0.463 e. The molecule has 0 aromatic rings. The smallest absolute Gasteiger partial charge is 0.373 e. The number of hydrogen-bond donors (Lipinski definition) is 1. The fraction of sp³-hybridized carbons (Fsp3) is 0.556. The van der Waals surface area contributed by atoms with Crippen LogP contribution >= 0.6 is 0 Å². The van der Waals surface area contributed by atoms with Crippen LogP contribution in [-0.4, -0.2) is 18.7 Å². The molecule has 0 fully saturated rings. The van der Waals surface area contributed by atoms with E-state index in [2.05, 4.69) is 0 Å². The molecule has 2 N–H and O–H groups in total. The zero-order chi connectivity index (χ0) is 11.6. The van der Waals surface area contributed by atoms with E-state index in [4.69, 9.17) is 20.1 Å². The van der Waals surface area contributed by atoms with Gasteiger partial charge in [-0.3, -0.25) is 0 Å². The van der Waals surface area contributed by atoms with Crippen LogP contribution in [0.2, 0.25) is 0 Å². The van der Waals surface area contributed by atoms with E-state index in [0.29, 0.717) is 24.3 Å². The molecule has 0 aliphatic rings. The molecule has 0 unspecified atom stereocenters. The number of ether oxygens (including phenoxy) is 1. The van der Waals surface area contributed by atoms with Gasteiger partial charge >= 0.3 is 12.1 Å². The SMILES string of the molecule is CCOC(=O)/C(CC)=C(\C)N.O=C=O. The van der Waals surface area contributed by atoms with Gasteiger partial charge in [0.2, 0.25) is 0 Å². The summed E-state index contributed by atoms with van der Waals surface area (Å²) < 4.78 is 4.78. The maximum absolute atomic E-state index is 11.1. The lowest BCUT2D eigenvalue weighted by Crippen LogP contribution is -2.11. The molecule has 0 atom stereocenters. The van der Waals surface area contributed by atoms with E-state index < -0.39 is 0 Å². The molecule has 0 aliphatic heterocycles. The Balaban J connectivity index is 0. The number of carbonyl (C=O) groups is 1. The first kappa shape index (κ1) is 14.9. The van der Waals surface area contributed by atoms with Crippen molar-refractivity contribution < 1.29 is 19.1 Å². The molecule has 0 radical (unpaired) electrons. The van der Waals surface area contributed by atoms with E-state index in [9.17, 15) is 4.79 Å². The monoisotopic (exact) mass is 201 g/mol. The molecule has 0 aliphatic carbocycles. The highest BCUT2D eigenvalue weighted by Gasteiger charge is 2.09. The zero-order valence-corrected chi connectivity index (χ0v) is 8.62. The molecule has 0 bridgehead atoms. The molecule has 0 heterocycles. The molecule has 0 aromatic heterocycles. The molecule has 80 valence electrons. The molecule has 0 spiro atoms. The number of hydrogen-bond acceptors (Lipinski definition) is 5. The number of carbonyl (C=O) groups excluding carboxylic acids is 3. The molecule has 0 rings (SSSR count). The van der Waals surface area contributed by atoms with Crippen molar-refractivity contribution in [1.29, 1.82) is 0 Å². The molecular formula is C9H15NO4. The second kappa shape index (κ2) is 9.48. The molecule has 0 aromatic carbocycles. The van der Waals surface area contributed by atoms with Gasteiger partial charge < -0.3 is 10.5 Å². The number of rotatable bonds is 3. The van der Waals surface area contributed by atoms with Crippen molar-refractivity contribution >= 4 is 12.1 Å². The van der Waals surface area contributed by atoms with Crippen molar-refractivity contribution in [2.45, 2.75) is 27.2 Å². The first-order chi connectivity index (χ1) is 6.54. The average Bonchev–Trinajstić information content (AvgIpc) is 2.06. The predicted molar refractivity (Wildman–Crippen MR) is 48.8 cm³/mol. The second-order valence-electron chi connectivity index (χ2n) is 2.32. The summed E-state index contributed by atoms with van der Waals surface area (Å²) in [4.78, 5) is 27.3. The molecule has 0 amide bonds. The summed E-state index contributed by atoms with van der Waals surface area (Å²) in [6.07, 6.45) is 0.876. The summed E-state index contributed by atoms with van der Waals surface area (Å²) in [6.45, 7) is 5.75. The number of nitrogens with two attached hydrogens (primary N) is 1. The Morgan fingerprint density at radius 2 is 1.79 bits per heavy atom. The van der Waals surface area contributed by atoms with E-state index in [1.54, 1.807) is 13.8 Å². The van der Waals surface area contributed by atoms with Gasteiger partial charge in [0.15, 0.2) is 0 Å². The van der Waals surface area contributed by atoms with Crippen molar-refractivity contribution in [1.82, 2.24) is 0 Å². The maximum atomic E-state index is 11.1. The Hall–Kier alpha value is -1.61. The van der Waals surface area contributed by atoms with E-state index in [1.807, 2.05) is 6.92 Å². The van der Waals surface area contributed by atoms with E-state index in [-0.39, 0.29) is 12.1 Å². The summed E-state index contributed by atoms with van der Waals surface area (Å²) in [5.41, 5.74) is 6.58. The Morgan fingerprint density at radius 3 is 2.00 bits per heavy atom. The van der Waals surface area contributed by atoms with Crippen molar-refractivity contribution in [2.24, 2.45) is 5.73 Å². The minimum absolute atomic E-state index is 0.250. The lowest BCUT2D eigenvalue weighted by atomic mass is 10.2. The van der Waals surface area contributed by atoms with Gasteiger partial charge in [0.25, 0.3) is 0 Å². The van der Waals surface area contributed by atoms with Crippen LogP contribution in [0.4, 0.5) is 0 Å². The molecule has 5 heteroatoms. The molecule has 14 heavy (non-hydrogen) atoms. The van der Waals surface area contributed by atoms with Crippen LogP contribution in [0.15, 0.2) is 11.3 Å². The van der Waals surface area contributed by atoms with Crippen LogP contribution < -0.4 is 5.73 Å². The summed E-state index contributed by atoms with van der Waals surface area (Å²) >= 11 is 0. The third kappa shape index (κ3) is 7.06. The van der Waals surface area contributed by atoms with E-state index >= 15 is 0 Å². The van der Waals surface area contributed by atoms with Crippen LogP contribution in [0.25, 0.3) is 0 Å². The van der Waals surface area contributed by atoms with Crippen molar-refractivity contribution in [2.75, 3.05) is 6.61 Å². The normalized spacial score (nSPS) is 10.2.